The zero-order chi connectivity index (χ0) is 21.4. The van der Waals surface area contributed by atoms with Gasteiger partial charge in [-0.3, -0.25) is 4.79 Å². The fourth-order valence-corrected chi connectivity index (χ4v) is 3.64. The summed E-state index contributed by atoms with van der Waals surface area (Å²) in [6.07, 6.45) is 10.8. The smallest absolute Gasteiger partial charge is 0.219 e. The fourth-order valence-electron chi connectivity index (χ4n) is 3.30. The van der Waals surface area contributed by atoms with Crippen LogP contribution in [0.4, 0.5) is 0 Å². The second kappa shape index (κ2) is 11.2. The minimum absolute atomic E-state index is 0.136. The molecule has 5 N–H and O–H groups in total. The number of aliphatic imine (C=N–C) groups is 1. The highest BCUT2D eigenvalue weighted by molar-refractivity contribution is 14.1. The van der Waals surface area contributed by atoms with Gasteiger partial charge in [-0.25, -0.2) is 15.8 Å². The Hall–Kier alpha value is -2.01. The molecule has 0 spiro atoms. The van der Waals surface area contributed by atoms with Gasteiger partial charge < -0.3 is 16.0 Å². The standard InChI is InChI=1S/C20H30BIN6O/c1-3-15(5-4-8-23)13-25-19-11-18(26-20(28(19)24)17(21)12-22)16-6-9-27(10-7-16)14(2)29/h3-5,8,11,16,25H,1,6-7,9-10,12-13,21,23-24H2,2H3/b8-4-,15-5+,20-17+. The van der Waals surface area contributed by atoms with Crippen molar-refractivity contribution in [1.82, 2.24) is 15.2 Å². The van der Waals surface area contributed by atoms with Crippen LogP contribution in [0.25, 0.3) is 0 Å². The first-order valence-electron chi connectivity index (χ1n) is 9.71. The van der Waals surface area contributed by atoms with Crippen molar-refractivity contribution < 1.29 is 4.79 Å². The van der Waals surface area contributed by atoms with E-state index in [1.807, 2.05) is 24.9 Å². The number of halogens is 1. The highest BCUT2D eigenvalue weighted by Crippen LogP contribution is 2.26. The minimum atomic E-state index is 0.136. The highest BCUT2D eigenvalue weighted by atomic mass is 127. The lowest BCUT2D eigenvalue weighted by Crippen LogP contribution is -2.43. The van der Waals surface area contributed by atoms with E-state index in [4.69, 9.17) is 16.6 Å². The second-order valence-electron chi connectivity index (χ2n) is 7.14. The normalized spacial score (nSPS) is 20.4. The van der Waals surface area contributed by atoms with Crippen molar-refractivity contribution in [1.29, 1.82) is 0 Å². The number of hydrogen-bond donors (Lipinski definition) is 3. The van der Waals surface area contributed by atoms with Crippen LogP contribution in [0.3, 0.4) is 0 Å². The number of hydrogen-bond acceptors (Lipinski definition) is 6. The van der Waals surface area contributed by atoms with E-state index in [1.165, 1.54) is 6.20 Å². The summed E-state index contributed by atoms with van der Waals surface area (Å²) in [5.74, 6) is 8.40. The molecule has 0 unspecified atom stereocenters. The molecule has 2 rings (SSSR count). The Morgan fingerprint density at radius 2 is 2.17 bits per heavy atom. The number of piperidine rings is 1. The maximum absolute atomic E-state index is 11.6. The van der Waals surface area contributed by atoms with Gasteiger partial charge in [0, 0.05) is 48.7 Å². The second-order valence-corrected chi connectivity index (χ2v) is 7.90. The lowest BCUT2D eigenvalue weighted by molar-refractivity contribution is -0.129. The summed E-state index contributed by atoms with van der Waals surface area (Å²) in [4.78, 5) is 18.4. The summed E-state index contributed by atoms with van der Waals surface area (Å²) in [7, 11) is 2.05. The van der Waals surface area contributed by atoms with Gasteiger partial charge in [0.2, 0.25) is 5.91 Å². The van der Waals surface area contributed by atoms with Crippen LogP contribution in [0.1, 0.15) is 19.8 Å². The number of alkyl halides is 1. The first kappa shape index (κ1) is 23.3. The molecule has 29 heavy (non-hydrogen) atoms. The molecule has 2 aliphatic heterocycles. The molecule has 2 heterocycles. The van der Waals surface area contributed by atoms with E-state index in [9.17, 15) is 4.79 Å². The number of nitrogens with two attached hydrogens (primary N) is 2. The maximum Gasteiger partial charge on any atom is 0.219 e. The zero-order valence-corrected chi connectivity index (χ0v) is 19.4. The van der Waals surface area contributed by atoms with Crippen molar-refractivity contribution in [3.05, 3.63) is 59.8 Å². The van der Waals surface area contributed by atoms with Gasteiger partial charge in [-0.15, -0.1) is 0 Å². The van der Waals surface area contributed by atoms with E-state index in [0.29, 0.717) is 12.5 Å². The topological polar surface area (TPSA) is 100.0 Å². The van der Waals surface area contributed by atoms with Gasteiger partial charge >= 0.3 is 0 Å². The number of carbonyl (C=O) groups excluding carboxylic acids is 1. The van der Waals surface area contributed by atoms with Crippen molar-refractivity contribution in [3.8, 4) is 0 Å². The zero-order valence-electron chi connectivity index (χ0n) is 17.2. The van der Waals surface area contributed by atoms with Crippen molar-refractivity contribution in [2.45, 2.75) is 19.8 Å². The molecule has 0 aromatic rings. The lowest BCUT2D eigenvalue weighted by Gasteiger charge is -2.34. The summed E-state index contributed by atoms with van der Waals surface area (Å²) in [5.41, 5.74) is 8.55. The van der Waals surface area contributed by atoms with E-state index in [2.05, 4.69) is 34.5 Å². The average Bonchev–Trinajstić information content (AvgIpc) is 2.74. The lowest BCUT2D eigenvalue weighted by atomic mass is 9.90. The van der Waals surface area contributed by atoms with Gasteiger partial charge in [0.25, 0.3) is 0 Å². The third kappa shape index (κ3) is 6.23. The quantitative estimate of drug-likeness (QED) is 0.158. The molecule has 0 atom stereocenters. The van der Waals surface area contributed by atoms with Crippen molar-refractivity contribution in [2.24, 2.45) is 22.5 Å². The van der Waals surface area contributed by atoms with Crippen LogP contribution in [0.5, 0.6) is 0 Å². The van der Waals surface area contributed by atoms with Gasteiger partial charge in [-0.05, 0) is 30.7 Å². The first-order valence-corrected chi connectivity index (χ1v) is 11.2. The van der Waals surface area contributed by atoms with Crippen LogP contribution in [0.15, 0.2) is 64.8 Å². The Kier molecular flexibility index (Phi) is 9.03. The predicted octanol–water partition coefficient (Wildman–Crippen LogP) is 1.13. The Bertz CT molecular complexity index is 778. The Balaban J connectivity index is 2.24. The Morgan fingerprint density at radius 3 is 2.72 bits per heavy atom. The van der Waals surface area contributed by atoms with E-state index < -0.39 is 0 Å². The molecule has 0 aliphatic carbocycles. The highest BCUT2D eigenvalue weighted by Gasteiger charge is 2.28. The first-order chi connectivity index (χ1) is 13.9. The predicted molar refractivity (Wildman–Crippen MR) is 131 cm³/mol. The number of nitrogens with one attached hydrogen (secondary N) is 1. The molecule has 0 aromatic heterocycles. The summed E-state index contributed by atoms with van der Waals surface area (Å²) in [6, 6.07) is 0. The molecule has 0 bridgehead atoms. The SMILES string of the molecule is B/C(CI)=C1\N=C(C2CCN(C(C)=O)CC2)C=C(NC/C(C=C)=C/C=C\N)N1N. The molecule has 2 aliphatic rings. The van der Waals surface area contributed by atoms with Crippen LogP contribution in [-0.2, 0) is 4.79 Å². The molecule has 0 aromatic carbocycles. The number of amides is 1. The van der Waals surface area contributed by atoms with Crippen molar-refractivity contribution >= 4 is 42.1 Å². The van der Waals surface area contributed by atoms with Gasteiger partial charge in [0.1, 0.15) is 19.5 Å². The summed E-state index contributed by atoms with van der Waals surface area (Å²) in [5, 5.41) is 5.01. The molecule has 9 heteroatoms. The van der Waals surface area contributed by atoms with Crippen molar-refractivity contribution in [2.75, 3.05) is 24.1 Å². The van der Waals surface area contributed by atoms with Gasteiger partial charge in [-0.1, -0.05) is 46.8 Å². The fraction of sp³-hybridized carbons (Fsp3) is 0.400. The van der Waals surface area contributed by atoms with E-state index in [1.54, 1.807) is 24.1 Å². The Morgan fingerprint density at radius 1 is 1.48 bits per heavy atom. The number of likely N-dealkylation sites (tertiary alicyclic amines) is 1. The number of carbonyl (C=O) groups is 1. The summed E-state index contributed by atoms with van der Waals surface area (Å²) in [6.45, 7) is 7.58. The van der Waals surface area contributed by atoms with Gasteiger partial charge in [-0.2, -0.15) is 0 Å². The van der Waals surface area contributed by atoms with E-state index in [0.717, 1.165) is 58.8 Å². The average molecular weight is 508 g/mol. The molecule has 0 saturated carbocycles. The van der Waals surface area contributed by atoms with Crippen molar-refractivity contribution in [3.63, 3.8) is 0 Å². The van der Waals surface area contributed by atoms with Gasteiger partial charge in [0.15, 0.2) is 0 Å². The van der Waals surface area contributed by atoms with Crippen LogP contribution >= 0.6 is 22.6 Å². The number of allylic oxidation sites excluding steroid dienone is 4. The molecule has 156 valence electrons. The summed E-state index contributed by atoms with van der Waals surface area (Å²) >= 11 is 2.32. The summed E-state index contributed by atoms with van der Waals surface area (Å²) < 4.78 is 0.840. The molecule has 0 radical (unpaired) electrons. The molecular formula is C20H30BIN6O. The molecular weight excluding hydrogens is 478 g/mol. The molecule has 1 amide bonds. The van der Waals surface area contributed by atoms with Gasteiger partial charge in [0.05, 0.1) is 0 Å². The Labute approximate surface area is 187 Å². The largest absolute Gasteiger partial charge is 0.405 e. The number of hydrazine groups is 1. The molecule has 1 fully saturated rings. The molecule has 1 saturated heterocycles. The number of rotatable bonds is 7. The van der Waals surface area contributed by atoms with Crippen LogP contribution in [0, 0.1) is 5.92 Å². The van der Waals surface area contributed by atoms with Crippen LogP contribution in [0.2, 0.25) is 0 Å². The van der Waals surface area contributed by atoms with Crippen LogP contribution in [-0.4, -0.2) is 53.4 Å². The third-order valence-electron chi connectivity index (χ3n) is 5.11. The minimum Gasteiger partial charge on any atom is -0.405 e. The molecule has 7 nitrogen and oxygen atoms in total. The van der Waals surface area contributed by atoms with E-state index >= 15 is 0 Å². The maximum atomic E-state index is 11.6. The van der Waals surface area contributed by atoms with E-state index in [-0.39, 0.29) is 5.91 Å². The monoisotopic (exact) mass is 508 g/mol. The van der Waals surface area contributed by atoms with Crippen LogP contribution < -0.4 is 16.9 Å². The third-order valence-corrected chi connectivity index (χ3v) is 6.25. The number of nitrogens with zero attached hydrogens (tertiary/aromatic N) is 3.